The van der Waals surface area contributed by atoms with E-state index in [2.05, 4.69) is 46.1 Å². The molecule has 0 radical (unpaired) electrons. The molecule has 0 unspecified atom stereocenters. The molecule has 100 valence electrons. The summed E-state index contributed by atoms with van der Waals surface area (Å²) in [6, 6.07) is 8.31. The van der Waals surface area contributed by atoms with Crippen molar-refractivity contribution in [1.82, 2.24) is 0 Å². The van der Waals surface area contributed by atoms with Crippen LogP contribution in [0.4, 0.5) is 5.69 Å². The molecule has 1 aromatic carbocycles. The summed E-state index contributed by atoms with van der Waals surface area (Å²) in [6.07, 6.45) is 5.42. The van der Waals surface area contributed by atoms with E-state index in [9.17, 15) is 0 Å². The molecule has 0 amide bonds. The summed E-state index contributed by atoms with van der Waals surface area (Å²) in [5.41, 5.74) is 1.69. The Labute approximate surface area is 118 Å². The number of rotatable bonds is 5. The monoisotopic (exact) mass is 311 g/mol. The van der Waals surface area contributed by atoms with Crippen molar-refractivity contribution in [3.8, 4) is 5.75 Å². The van der Waals surface area contributed by atoms with E-state index >= 15 is 0 Å². The second kappa shape index (κ2) is 5.96. The van der Waals surface area contributed by atoms with Gasteiger partial charge in [-0.3, -0.25) is 0 Å². The van der Waals surface area contributed by atoms with E-state index < -0.39 is 0 Å². The summed E-state index contributed by atoms with van der Waals surface area (Å²) in [5.74, 6) is 0.929. The van der Waals surface area contributed by atoms with Crippen molar-refractivity contribution in [2.24, 2.45) is 5.41 Å². The molecular formula is C15H22BrNO. The van der Waals surface area contributed by atoms with Crippen LogP contribution in [0.2, 0.25) is 0 Å². The largest absolute Gasteiger partial charge is 0.497 e. The van der Waals surface area contributed by atoms with E-state index in [1.54, 1.807) is 7.11 Å². The highest BCUT2D eigenvalue weighted by molar-refractivity contribution is 9.09. The second-order valence-electron chi connectivity index (χ2n) is 5.40. The first-order valence-electron chi connectivity index (χ1n) is 6.60. The number of hydrogen-bond donors (Lipinski definition) is 0. The number of nitrogens with zero attached hydrogens (tertiary/aromatic N) is 1. The highest BCUT2D eigenvalue weighted by Crippen LogP contribution is 2.40. The van der Waals surface area contributed by atoms with Crippen LogP contribution in [0.1, 0.15) is 25.7 Å². The van der Waals surface area contributed by atoms with Gasteiger partial charge in [0.25, 0.3) is 0 Å². The Kier molecular flexibility index (Phi) is 4.55. The summed E-state index contributed by atoms with van der Waals surface area (Å²) in [4.78, 5) is 2.36. The highest BCUT2D eigenvalue weighted by atomic mass is 79.9. The van der Waals surface area contributed by atoms with Crippen LogP contribution in [-0.4, -0.2) is 26.0 Å². The van der Waals surface area contributed by atoms with Crippen molar-refractivity contribution in [3.05, 3.63) is 24.3 Å². The Morgan fingerprint density at radius 2 is 2.06 bits per heavy atom. The van der Waals surface area contributed by atoms with Gasteiger partial charge in [0, 0.05) is 30.7 Å². The van der Waals surface area contributed by atoms with E-state index in [1.165, 1.54) is 31.4 Å². The molecule has 1 aliphatic carbocycles. The molecule has 1 aromatic rings. The number of halogens is 1. The number of ether oxygens (including phenoxy) is 1. The van der Waals surface area contributed by atoms with Gasteiger partial charge in [0.2, 0.25) is 0 Å². The van der Waals surface area contributed by atoms with E-state index in [0.717, 1.165) is 17.6 Å². The van der Waals surface area contributed by atoms with Crippen molar-refractivity contribution in [2.75, 3.05) is 30.9 Å². The van der Waals surface area contributed by atoms with Gasteiger partial charge in [-0.25, -0.2) is 0 Å². The Bertz CT molecular complexity index is 388. The summed E-state index contributed by atoms with van der Waals surface area (Å²) < 4.78 is 5.29. The summed E-state index contributed by atoms with van der Waals surface area (Å²) >= 11 is 3.71. The van der Waals surface area contributed by atoms with Gasteiger partial charge in [0.05, 0.1) is 7.11 Å². The van der Waals surface area contributed by atoms with Gasteiger partial charge >= 0.3 is 0 Å². The van der Waals surface area contributed by atoms with Gasteiger partial charge in [-0.15, -0.1) is 0 Å². The van der Waals surface area contributed by atoms with Gasteiger partial charge in [-0.05, 0) is 30.4 Å². The molecule has 0 heterocycles. The van der Waals surface area contributed by atoms with Crippen molar-refractivity contribution in [2.45, 2.75) is 25.7 Å². The molecule has 0 spiro atoms. The summed E-state index contributed by atoms with van der Waals surface area (Å²) in [7, 11) is 3.90. The minimum atomic E-state index is 0.456. The molecular weight excluding hydrogens is 290 g/mol. The van der Waals surface area contributed by atoms with Crippen LogP contribution in [0.3, 0.4) is 0 Å². The molecule has 1 saturated carbocycles. The molecule has 0 aliphatic heterocycles. The van der Waals surface area contributed by atoms with Gasteiger partial charge in [-0.2, -0.15) is 0 Å². The third-order valence-corrected chi connectivity index (χ3v) is 5.20. The zero-order chi connectivity index (χ0) is 13.0. The van der Waals surface area contributed by atoms with Crippen LogP contribution < -0.4 is 9.64 Å². The first-order valence-corrected chi connectivity index (χ1v) is 7.72. The van der Waals surface area contributed by atoms with Crippen LogP contribution in [0, 0.1) is 5.41 Å². The summed E-state index contributed by atoms with van der Waals surface area (Å²) in [6.45, 7) is 1.12. The number of hydrogen-bond acceptors (Lipinski definition) is 2. The zero-order valence-corrected chi connectivity index (χ0v) is 12.9. The maximum absolute atomic E-state index is 5.29. The fourth-order valence-electron chi connectivity index (χ4n) is 2.90. The molecule has 0 atom stereocenters. The zero-order valence-electron chi connectivity index (χ0n) is 11.3. The Balaban J connectivity index is 2.08. The number of anilines is 1. The predicted octanol–water partition coefficient (Wildman–Crippen LogP) is 4.09. The first-order chi connectivity index (χ1) is 8.69. The number of alkyl halides is 1. The smallest absolute Gasteiger partial charge is 0.120 e. The normalized spacial score (nSPS) is 17.7. The maximum atomic E-state index is 5.29. The third kappa shape index (κ3) is 3.00. The minimum Gasteiger partial charge on any atom is -0.497 e. The second-order valence-corrected chi connectivity index (χ2v) is 5.96. The van der Waals surface area contributed by atoms with Crippen LogP contribution in [0.25, 0.3) is 0 Å². The van der Waals surface area contributed by atoms with E-state index in [4.69, 9.17) is 4.74 Å². The number of benzene rings is 1. The van der Waals surface area contributed by atoms with Crippen LogP contribution >= 0.6 is 15.9 Å². The first kappa shape index (κ1) is 13.7. The molecule has 2 rings (SSSR count). The molecule has 0 aromatic heterocycles. The summed E-state index contributed by atoms with van der Waals surface area (Å²) in [5, 5.41) is 1.11. The topological polar surface area (TPSA) is 12.5 Å². The van der Waals surface area contributed by atoms with Crippen molar-refractivity contribution in [1.29, 1.82) is 0 Å². The molecule has 2 nitrogen and oxygen atoms in total. The lowest BCUT2D eigenvalue weighted by atomic mass is 9.88. The predicted molar refractivity (Wildman–Crippen MR) is 81.0 cm³/mol. The molecule has 0 N–H and O–H groups in total. The Morgan fingerprint density at radius 1 is 1.33 bits per heavy atom. The highest BCUT2D eigenvalue weighted by Gasteiger charge is 2.33. The van der Waals surface area contributed by atoms with Crippen molar-refractivity contribution < 1.29 is 4.74 Å². The van der Waals surface area contributed by atoms with Gasteiger partial charge in [0.15, 0.2) is 0 Å². The van der Waals surface area contributed by atoms with Gasteiger partial charge in [-0.1, -0.05) is 34.8 Å². The van der Waals surface area contributed by atoms with Gasteiger partial charge in [0.1, 0.15) is 5.75 Å². The van der Waals surface area contributed by atoms with Crippen molar-refractivity contribution >= 4 is 21.6 Å². The number of methoxy groups -OCH3 is 1. The standard InChI is InChI=1S/C15H22BrNO/c1-17(12-15(11-16)8-3-4-9-15)13-6-5-7-14(10-13)18-2/h5-7,10H,3-4,8-9,11-12H2,1-2H3. The molecule has 0 bridgehead atoms. The Hall–Kier alpha value is -0.700. The SMILES string of the molecule is COc1cccc(N(C)CC2(CBr)CCCC2)c1. The molecule has 18 heavy (non-hydrogen) atoms. The lowest BCUT2D eigenvalue weighted by Gasteiger charge is -2.33. The van der Waals surface area contributed by atoms with E-state index in [-0.39, 0.29) is 0 Å². The quantitative estimate of drug-likeness (QED) is 0.759. The molecule has 0 saturated heterocycles. The minimum absolute atomic E-state index is 0.456. The van der Waals surface area contributed by atoms with Gasteiger partial charge < -0.3 is 9.64 Å². The molecule has 1 fully saturated rings. The Morgan fingerprint density at radius 3 is 2.67 bits per heavy atom. The molecule has 3 heteroatoms. The van der Waals surface area contributed by atoms with Crippen molar-refractivity contribution in [3.63, 3.8) is 0 Å². The van der Waals surface area contributed by atoms with E-state index in [1.807, 2.05) is 6.07 Å². The fraction of sp³-hybridized carbons (Fsp3) is 0.600. The van der Waals surface area contributed by atoms with Crippen LogP contribution in [0.5, 0.6) is 5.75 Å². The third-order valence-electron chi connectivity index (χ3n) is 4.01. The average molecular weight is 312 g/mol. The maximum Gasteiger partial charge on any atom is 0.120 e. The molecule has 1 aliphatic rings. The fourth-order valence-corrected chi connectivity index (χ4v) is 3.64. The van der Waals surface area contributed by atoms with Crippen LogP contribution in [0.15, 0.2) is 24.3 Å². The average Bonchev–Trinajstić information content (AvgIpc) is 2.88. The van der Waals surface area contributed by atoms with Crippen LogP contribution in [-0.2, 0) is 0 Å². The lowest BCUT2D eigenvalue weighted by Crippen LogP contribution is -2.35. The lowest BCUT2D eigenvalue weighted by molar-refractivity contribution is 0.355. The van der Waals surface area contributed by atoms with E-state index in [0.29, 0.717) is 5.41 Å².